The maximum absolute atomic E-state index is 12.1. The molecule has 1 aliphatic heterocycles. The van der Waals surface area contributed by atoms with Crippen molar-refractivity contribution in [2.45, 2.75) is 0 Å². The Bertz CT molecular complexity index is 746. The highest BCUT2D eigenvalue weighted by Gasteiger charge is 2.15. The van der Waals surface area contributed by atoms with Crippen molar-refractivity contribution in [1.82, 2.24) is 10.9 Å². The molecule has 0 aliphatic carbocycles. The smallest absolute Gasteiger partial charge is 0.269 e. The second-order valence-electron chi connectivity index (χ2n) is 4.77. The summed E-state index contributed by atoms with van der Waals surface area (Å²) < 4.78 is 10.8. The van der Waals surface area contributed by atoms with Crippen molar-refractivity contribution in [3.05, 3.63) is 58.6 Å². The zero-order chi connectivity index (χ0) is 16.2. The third-order valence-corrected chi connectivity index (χ3v) is 3.45. The summed E-state index contributed by atoms with van der Waals surface area (Å²) in [5.41, 5.74) is 5.43. The first-order chi connectivity index (χ1) is 11.1. The summed E-state index contributed by atoms with van der Waals surface area (Å²) in [7, 11) is 0. The minimum absolute atomic E-state index is 0.352. The summed E-state index contributed by atoms with van der Waals surface area (Å²) in [6.07, 6.45) is 0. The SMILES string of the molecule is O=C(NNC(=O)c1ccc2c(c1)OCCO2)c1ccc(Cl)cc1. The topological polar surface area (TPSA) is 76.7 Å². The van der Waals surface area contributed by atoms with Gasteiger partial charge < -0.3 is 9.47 Å². The van der Waals surface area contributed by atoms with Crippen LogP contribution in [-0.2, 0) is 0 Å². The van der Waals surface area contributed by atoms with Gasteiger partial charge in [0.05, 0.1) is 0 Å². The van der Waals surface area contributed by atoms with Crippen molar-refractivity contribution >= 4 is 23.4 Å². The van der Waals surface area contributed by atoms with Crippen LogP contribution in [0.15, 0.2) is 42.5 Å². The standard InChI is InChI=1S/C16H13ClN2O4/c17-12-4-1-10(2-5-12)15(20)18-19-16(21)11-3-6-13-14(9-11)23-8-7-22-13/h1-6,9H,7-8H2,(H,18,20)(H,19,21). The molecule has 0 saturated carbocycles. The maximum atomic E-state index is 12.1. The average molecular weight is 333 g/mol. The van der Waals surface area contributed by atoms with E-state index in [-0.39, 0.29) is 0 Å². The Morgan fingerprint density at radius 3 is 2.09 bits per heavy atom. The molecule has 6 nitrogen and oxygen atoms in total. The number of ether oxygens (including phenoxy) is 2. The summed E-state index contributed by atoms with van der Waals surface area (Å²) >= 11 is 5.76. The van der Waals surface area contributed by atoms with Crippen molar-refractivity contribution in [2.75, 3.05) is 13.2 Å². The van der Waals surface area contributed by atoms with E-state index in [1.165, 1.54) is 0 Å². The van der Waals surface area contributed by atoms with Crippen LogP contribution in [-0.4, -0.2) is 25.0 Å². The summed E-state index contributed by atoms with van der Waals surface area (Å²) in [5, 5.41) is 0.530. The third kappa shape index (κ3) is 3.54. The number of rotatable bonds is 2. The van der Waals surface area contributed by atoms with Crippen molar-refractivity contribution in [2.24, 2.45) is 0 Å². The van der Waals surface area contributed by atoms with E-state index in [1.54, 1.807) is 42.5 Å². The highest BCUT2D eigenvalue weighted by atomic mass is 35.5. The van der Waals surface area contributed by atoms with Crippen LogP contribution in [0.5, 0.6) is 11.5 Å². The number of amides is 2. The lowest BCUT2D eigenvalue weighted by molar-refractivity contribution is 0.0846. The van der Waals surface area contributed by atoms with Gasteiger partial charge in [-0.05, 0) is 42.5 Å². The molecule has 1 aliphatic rings. The molecule has 3 rings (SSSR count). The first-order valence-electron chi connectivity index (χ1n) is 6.89. The minimum atomic E-state index is -0.454. The Hall–Kier alpha value is -2.73. The highest BCUT2D eigenvalue weighted by Crippen LogP contribution is 2.30. The van der Waals surface area contributed by atoms with Crippen LogP contribution in [0.25, 0.3) is 0 Å². The normalized spacial score (nSPS) is 12.4. The molecule has 0 saturated heterocycles. The van der Waals surface area contributed by atoms with Crippen LogP contribution in [0.3, 0.4) is 0 Å². The molecule has 0 unspecified atom stereocenters. The lowest BCUT2D eigenvalue weighted by Gasteiger charge is -2.18. The fourth-order valence-corrected chi connectivity index (χ4v) is 2.17. The summed E-state index contributed by atoms with van der Waals surface area (Å²) in [6.45, 7) is 0.918. The Labute approximate surface area is 137 Å². The van der Waals surface area contributed by atoms with E-state index < -0.39 is 11.8 Å². The van der Waals surface area contributed by atoms with E-state index >= 15 is 0 Å². The first-order valence-corrected chi connectivity index (χ1v) is 7.27. The largest absolute Gasteiger partial charge is 0.486 e. The van der Waals surface area contributed by atoms with Crippen LogP contribution in [0.1, 0.15) is 20.7 Å². The Morgan fingerprint density at radius 1 is 0.826 bits per heavy atom. The predicted octanol–water partition coefficient (Wildman–Crippen LogP) is 2.19. The number of benzene rings is 2. The Morgan fingerprint density at radius 2 is 1.39 bits per heavy atom. The molecular weight excluding hydrogens is 320 g/mol. The summed E-state index contributed by atoms with van der Waals surface area (Å²) in [5.74, 6) is 0.211. The molecule has 0 radical (unpaired) electrons. The van der Waals surface area contributed by atoms with Gasteiger partial charge in [-0.2, -0.15) is 0 Å². The summed E-state index contributed by atoms with van der Waals surface area (Å²) in [6, 6.07) is 11.1. The van der Waals surface area contributed by atoms with E-state index in [1.807, 2.05) is 0 Å². The molecule has 2 N–H and O–H groups in total. The number of hydrogen-bond acceptors (Lipinski definition) is 4. The van der Waals surface area contributed by atoms with Gasteiger partial charge >= 0.3 is 0 Å². The van der Waals surface area contributed by atoms with Crippen LogP contribution in [0, 0.1) is 0 Å². The van der Waals surface area contributed by atoms with Crippen LogP contribution >= 0.6 is 11.6 Å². The molecule has 1 heterocycles. The fourth-order valence-electron chi connectivity index (χ4n) is 2.04. The van der Waals surface area contributed by atoms with Gasteiger partial charge in [0.1, 0.15) is 13.2 Å². The number of hydrazine groups is 1. The number of carbonyl (C=O) groups excluding carboxylic acids is 2. The molecule has 23 heavy (non-hydrogen) atoms. The molecule has 2 aromatic rings. The van der Waals surface area contributed by atoms with Crippen LogP contribution < -0.4 is 20.3 Å². The summed E-state index contributed by atoms with van der Waals surface area (Å²) in [4.78, 5) is 24.0. The van der Waals surface area contributed by atoms with Crippen molar-refractivity contribution in [3.8, 4) is 11.5 Å². The molecule has 2 amide bonds. The van der Waals surface area contributed by atoms with E-state index in [0.717, 1.165) is 0 Å². The van der Waals surface area contributed by atoms with Gasteiger partial charge in [0.2, 0.25) is 0 Å². The lowest BCUT2D eigenvalue weighted by Crippen LogP contribution is -2.41. The van der Waals surface area contributed by atoms with E-state index in [4.69, 9.17) is 21.1 Å². The molecule has 0 atom stereocenters. The van der Waals surface area contributed by atoms with Crippen LogP contribution in [0.2, 0.25) is 5.02 Å². The minimum Gasteiger partial charge on any atom is -0.486 e. The van der Waals surface area contributed by atoms with Crippen molar-refractivity contribution in [1.29, 1.82) is 0 Å². The molecular formula is C16H13ClN2O4. The quantitative estimate of drug-likeness (QED) is 0.826. The van der Waals surface area contributed by atoms with E-state index in [9.17, 15) is 9.59 Å². The fraction of sp³-hybridized carbons (Fsp3) is 0.125. The van der Waals surface area contributed by atoms with Crippen molar-refractivity contribution < 1.29 is 19.1 Å². The lowest BCUT2D eigenvalue weighted by atomic mass is 10.2. The number of nitrogens with one attached hydrogen (secondary N) is 2. The van der Waals surface area contributed by atoms with Gasteiger partial charge in [-0.3, -0.25) is 20.4 Å². The molecule has 7 heteroatoms. The maximum Gasteiger partial charge on any atom is 0.269 e. The van der Waals surface area contributed by atoms with Gasteiger partial charge in [-0.25, -0.2) is 0 Å². The highest BCUT2D eigenvalue weighted by molar-refractivity contribution is 6.30. The molecule has 0 spiro atoms. The average Bonchev–Trinajstić information content (AvgIpc) is 2.59. The number of carbonyl (C=O) groups is 2. The number of fused-ring (bicyclic) bond motifs is 1. The molecule has 0 aromatic heterocycles. The number of halogens is 1. The first kappa shape index (κ1) is 15.2. The third-order valence-electron chi connectivity index (χ3n) is 3.20. The molecule has 118 valence electrons. The van der Waals surface area contributed by atoms with E-state index in [0.29, 0.717) is 40.9 Å². The Kier molecular flexibility index (Phi) is 4.34. The molecule has 0 bridgehead atoms. The second-order valence-corrected chi connectivity index (χ2v) is 5.21. The van der Waals surface area contributed by atoms with Gasteiger partial charge in [-0.1, -0.05) is 11.6 Å². The molecule has 0 fully saturated rings. The predicted molar refractivity (Wildman–Crippen MR) is 83.8 cm³/mol. The zero-order valence-corrected chi connectivity index (χ0v) is 12.7. The number of hydrogen-bond donors (Lipinski definition) is 2. The van der Waals surface area contributed by atoms with E-state index in [2.05, 4.69) is 10.9 Å². The van der Waals surface area contributed by atoms with Crippen molar-refractivity contribution in [3.63, 3.8) is 0 Å². The molecule has 2 aromatic carbocycles. The van der Waals surface area contributed by atoms with Gasteiger partial charge in [0, 0.05) is 16.1 Å². The van der Waals surface area contributed by atoms with Gasteiger partial charge in [-0.15, -0.1) is 0 Å². The zero-order valence-electron chi connectivity index (χ0n) is 12.0. The van der Waals surface area contributed by atoms with Gasteiger partial charge in [0.15, 0.2) is 11.5 Å². The monoisotopic (exact) mass is 332 g/mol. The second kappa shape index (κ2) is 6.58. The Balaban J connectivity index is 1.63. The van der Waals surface area contributed by atoms with Crippen LogP contribution in [0.4, 0.5) is 0 Å². The van der Waals surface area contributed by atoms with Gasteiger partial charge in [0.25, 0.3) is 11.8 Å².